The lowest BCUT2D eigenvalue weighted by atomic mass is 9.99. The van der Waals surface area contributed by atoms with Crippen molar-refractivity contribution in [3.63, 3.8) is 0 Å². The third-order valence-electron chi connectivity index (χ3n) is 2.98. The van der Waals surface area contributed by atoms with E-state index in [0.717, 1.165) is 0 Å². The highest BCUT2D eigenvalue weighted by atomic mass is 79.9. The Hall–Kier alpha value is -1.01. The van der Waals surface area contributed by atoms with Crippen molar-refractivity contribution in [3.8, 4) is 0 Å². The minimum absolute atomic E-state index is 0.270. The molecule has 0 aliphatic rings. The molecule has 0 heterocycles. The number of nitrogens with one attached hydrogen (secondary N) is 1. The maximum Gasteiger partial charge on any atom is 0.129 e. The van der Waals surface area contributed by atoms with Crippen LogP contribution in [0.5, 0.6) is 0 Å². The van der Waals surface area contributed by atoms with Gasteiger partial charge < -0.3 is 0 Å². The van der Waals surface area contributed by atoms with Gasteiger partial charge in [-0.25, -0.2) is 8.78 Å². The second-order valence-electron chi connectivity index (χ2n) is 4.29. The molecule has 0 saturated carbocycles. The van der Waals surface area contributed by atoms with Gasteiger partial charge in [-0.3, -0.25) is 11.3 Å². The molecule has 2 aromatic rings. The number of halogens is 4. The second-order valence-corrected chi connectivity index (χ2v) is 5.56. The molecule has 1 unspecified atom stereocenters. The molecule has 6 heteroatoms. The van der Waals surface area contributed by atoms with E-state index >= 15 is 0 Å². The largest absolute Gasteiger partial charge is 0.271 e. The zero-order chi connectivity index (χ0) is 14.7. The van der Waals surface area contributed by atoms with Crippen molar-refractivity contribution in [2.45, 2.75) is 12.5 Å². The summed E-state index contributed by atoms with van der Waals surface area (Å²) in [6.07, 6.45) is 0.270. The lowest BCUT2D eigenvalue weighted by molar-refractivity contribution is 0.507. The van der Waals surface area contributed by atoms with Gasteiger partial charge in [-0.1, -0.05) is 33.6 Å². The summed E-state index contributed by atoms with van der Waals surface area (Å²) in [6, 6.07) is 8.19. The van der Waals surface area contributed by atoms with Gasteiger partial charge in [0.05, 0.1) is 6.04 Å². The van der Waals surface area contributed by atoms with E-state index in [4.69, 9.17) is 17.4 Å². The highest BCUT2D eigenvalue weighted by molar-refractivity contribution is 9.10. The van der Waals surface area contributed by atoms with Crippen LogP contribution in [0, 0.1) is 11.6 Å². The summed E-state index contributed by atoms with van der Waals surface area (Å²) in [5, 5.41) is 0.416. The topological polar surface area (TPSA) is 38.0 Å². The van der Waals surface area contributed by atoms with Crippen LogP contribution in [0.2, 0.25) is 5.02 Å². The number of hydrogen-bond acceptors (Lipinski definition) is 2. The third kappa shape index (κ3) is 3.35. The van der Waals surface area contributed by atoms with Crippen LogP contribution in [-0.4, -0.2) is 0 Å². The van der Waals surface area contributed by atoms with E-state index in [2.05, 4.69) is 21.4 Å². The van der Waals surface area contributed by atoms with Crippen LogP contribution in [0.15, 0.2) is 40.9 Å². The van der Waals surface area contributed by atoms with Gasteiger partial charge in [0.2, 0.25) is 0 Å². The standard InChI is InChI=1S/C14H12BrClF2N2/c15-10-2-1-3-12(18)14(10)13(20-19)7-8-6-9(17)4-5-11(8)16/h1-6,13,20H,7,19H2. The molecular weight excluding hydrogens is 350 g/mol. The number of hydrazine groups is 1. The Kier molecular flexibility index (Phi) is 5.10. The average molecular weight is 362 g/mol. The average Bonchev–Trinajstić information content (AvgIpc) is 2.41. The van der Waals surface area contributed by atoms with Gasteiger partial charge in [-0.05, 0) is 42.3 Å². The highest BCUT2D eigenvalue weighted by Crippen LogP contribution is 2.30. The first kappa shape index (κ1) is 15.4. The van der Waals surface area contributed by atoms with E-state index in [1.165, 1.54) is 24.3 Å². The van der Waals surface area contributed by atoms with Crippen LogP contribution in [-0.2, 0) is 6.42 Å². The van der Waals surface area contributed by atoms with Crippen molar-refractivity contribution >= 4 is 27.5 Å². The van der Waals surface area contributed by atoms with Crippen molar-refractivity contribution in [3.05, 3.63) is 68.7 Å². The Morgan fingerprint density at radius 3 is 2.65 bits per heavy atom. The van der Waals surface area contributed by atoms with Crippen molar-refractivity contribution < 1.29 is 8.78 Å². The van der Waals surface area contributed by atoms with Crippen molar-refractivity contribution in [2.75, 3.05) is 0 Å². The molecule has 0 saturated heterocycles. The molecule has 0 aliphatic heterocycles. The van der Waals surface area contributed by atoms with Crippen LogP contribution >= 0.6 is 27.5 Å². The Morgan fingerprint density at radius 1 is 1.25 bits per heavy atom. The van der Waals surface area contributed by atoms with Crippen molar-refractivity contribution in [2.24, 2.45) is 5.84 Å². The number of nitrogens with two attached hydrogens (primary N) is 1. The van der Waals surface area contributed by atoms with Gasteiger partial charge in [0.1, 0.15) is 11.6 Å². The Balaban J connectivity index is 2.36. The molecule has 3 N–H and O–H groups in total. The summed E-state index contributed by atoms with van der Waals surface area (Å²) in [7, 11) is 0. The number of rotatable bonds is 4. The molecule has 20 heavy (non-hydrogen) atoms. The minimum Gasteiger partial charge on any atom is -0.271 e. The zero-order valence-electron chi connectivity index (χ0n) is 10.3. The smallest absolute Gasteiger partial charge is 0.129 e. The molecule has 0 bridgehead atoms. The van der Waals surface area contributed by atoms with Gasteiger partial charge >= 0.3 is 0 Å². The molecule has 0 aromatic heterocycles. The van der Waals surface area contributed by atoms with E-state index in [1.54, 1.807) is 12.1 Å². The summed E-state index contributed by atoms with van der Waals surface area (Å²) in [4.78, 5) is 0. The van der Waals surface area contributed by atoms with Crippen LogP contribution in [0.3, 0.4) is 0 Å². The maximum absolute atomic E-state index is 13.9. The first-order chi connectivity index (χ1) is 9.52. The quantitative estimate of drug-likeness (QED) is 0.635. The molecule has 2 aromatic carbocycles. The van der Waals surface area contributed by atoms with Gasteiger partial charge in [-0.15, -0.1) is 0 Å². The first-order valence-corrected chi connectivity index (χ1v) is 7.04. The molecule has 0 spiro atoms. The van der Waals surface area contributed by atoms with Crippen molar-refractivity contribution in [1.29, 1.82) is 0 Å². The number of benzene rings is 2. The van der Waals surface area contributed by atoms with Gasteiger partial charge in [-0.2, -0.15) is 0 Å². The van der Waals surface area contributed by atoms with E-state index in [1.807, 2.05) is 0 Å². The van der Waals surface area contributed by atoms with Crippen LogP contribution < -0.4 is 11.3 Å². The molecular formula is C14H12BrClF2N2. The van der Waals surface area contributed by atoms with E-state index in [0.29, 0.717) is 20.6 Å². The Labute approximate surface area is 129 Å². The molecule has 0 aliphatic carbocycles. The summed E-state index contributed by atoms with van der Waals surface area (Å²) in [5.74, 6) is 4.71. The SMILES string of the molecule is NNC(Cc1cc(F)ccc1Cl)c1c(F)cccc1Br. The maximum atomic E-state index is 13.9. The lowest BCUT2D eigenvalue weighted by Gasteiger charge is -2.19. The predicted octanol–water partition coefficient (Wildman–Crippen LogP) is 4.13. The van der Waals surface area contributed by atoms with Gasteiger partial charge in [0, 0.05) is 15.1 Å². The van der Waals surface area contributed by atoms with Crippen LogP contribution in [0.25, 0.3) is 0 Å². The fourth-order valence-electron chi connectivity index (χ4n) is 2.01. The Morgan fingerprint density at radius 2 is 2.00 bits per heavy atom. The summed E-state index contributed by atoms with van der Waals surface area (Å²) >= 11 is 9.32. The fraction of sp³-hybridized carbons (Fsp3) is 0.143. The molecule has 106 valence electrons. The highest BCUT2D eigenvalue weighted by Gasteiger charge is 2.19. The third-order valence-corrected chi connectivity index (χ3v) is 4.04. The fourth-order valence-corrected chi connectivity index (χ4v) is 2.82. The van der Waals surface area contributed by atoms with Crippen LogP contribution in [0.4, 0.5) is 8.78 Å². The molecule has 0 radical (unpaired) electrons. The van der Waals surface area contributed by atoms with Gasteiger partial charge in [0.15, 0.2) is 0 Å². The number of hydrogen-bond donors (Lipinski definition) is 2. The van der Waals surface area contributed by atoms with Crippen molar-refractivity contribution in [1.82, 2.24) is 5.43 Å². The normalized spacial score (nSPS) is 12.4. The first-order valence-electron chi connectivity index (χ1n) is 5.87. The molecule has 0 fully saturated rings. The summed E-state index contributed by atoms with van der Waals surface area (Å²) in [5.41, 5.74) is 3.49. The minimum atomic E-state index is -0.523. The molecule has 2 rings (SSSR count). The van der Waals surface area contributed by atoms with E-state index in [-0.39, 0.29) is 6.42 Å². The summed E-state index contributed by atoms with van der Waals surface area (Å²) < 4.78 is 27.8. The van der Waals surface area contributed by atoms with E-state index in [9.17, 15) is 8.78 Å². The summed E-state index contributed by atoms with van der Waals surface area (Å²) in [6.45, 7) is 0. The second kappa shape index (κ2) is 6.63. The lowest BCUT2D eigenvalue weighted by Crippen LogP contribution is -2.30. The van der Waals surface area contributed by atoms with Crippen LogP contribution in [0.1, 0.15) is 17.2 Å². The van der Waals surface area contributed by atoms with E-state index < -0.39 is 17.7 Å². The zero-order valence-corrected chi connectivity index (χ0v) is 12.7. The monoisotopic (exact) mass is 360 g/mol. The molecule has 1 atom stereocenters. The predicted molar refractivity (Wildman–Crippen MR) is 79.3 cm³/mol. The molecule has 0 amide bonds. The Bertz CT molecular complexity index is 602. The molecule has 2 nitrogen and oxygen atoms in total. The van der Waals surface area contributed by atoms with Gasteiger partial charge in [0.25, 0.3) is 0 Å².